The summed E-state index contributed by atoms with van der Waals surface area (Å²) < 4.78 is 6.56. The summed E-state index contributed by atoms with van der Waals surface area (Å²) in [4.78, 5) is 44.8. The van der Waals surface area contributed by atoms with Gasteiger partial charge < -0.3 is 15.5 Å². The Hall–Kier alpha value is -3.75. The molecular weight excluding hydrogens is 362 g/mol. The molecule has 1 atom stereocenters. The van der Waals surface area contributed by atoms with Crippen LogP contribution in [0.2, 0.25) is 0 Å². The summed E-state index contributed by atoms with van der Waals surface area (Å²) in [6.45, 7) is 1.73. The van der Waals surface area contributed by atoms with Crippen LogP contribution in [0.15, 0.2) is 53.6 Å². The van der Waals surface area contributed by atoms with Crippen molar-refractivity contribution in [1.29, 1.82) is 0 Å². The Morgan fingerprint density at radius 1 is 1.25 bits per heavy atom. The van der Waals surface area contributed by atoms with Gasteiger partial charge in [-0.05, 0) is 43.5 Å². The topological polar surface area (TPSA) is 133 Å². The number of nitrogens with two attached hydrogens (primary N) is 1. The number of Topliss-reactive ketones (excluding diaryl/α,β-unsaturated/α-hetero) is 1. The summed E-state index contributed by atoms with van der Waals surface area (Å²) in [6, 6.07) is 5.96. The predicted molar refractivity (Wildman–Crippen MR) is 98.6 cm³/mol. The molecule has 9 heteroatoms. The van der Waals surface area contributed by atoms with Crippen LogP contribution >= 0.6 is 0 Å². The molecule has 28 heavy (non-hydrogen) atoms. The van der Waals surface area contributed by atoms with Gasteiger partial charge in [-0.25, -0.2) is 9.97 Å². The lowest BCUT2D eigenvalue weighted by molar-refractivity contribution is -0.137. The Bertz CT molecular complexity index is 979. The van der Waals surface area contributed by atoms with Crippen LogP contribution in [-0.4, -0.2) is 38.2 Å². The number of pyridine rings is 1. The van der Waals surface area contributed by atoms with Crippen molar-refractivity contribution in [2.75, 3.05) is 0 Å². The molecule has 0 saturated heterocycles. The lowest BCUT2D eigenvalue weighted by Gasteiger charge is -2.16. The van der Waals surface area contributed by atoms with Crippen molar-refractivity contribution in [3.05, 3.63) is 66.3 Å². The van der Waals surface area contributed by atoms with E-state index in [1.807, 2.05) is 0 Å². The molecular formula is C19H19N5O4. The van der Waals surface area contributed by atoms with Crippen LogP contribution in [0.5, 0.6) is 0 Å². The number of amides is 2. The van der Waals surface area contributed by atoms with E-state index < -0.39 is 23.6 Å². The maximum absolute atomic E-state index is 12.8. The van der Waals surface area contributed by atoms with E-state index >= 15 is 0 Å². The van der Waals surface area contributed by atoms with Crippen LogP contribution in [0.25, 0.3) is 5.82 Å². The Labute approximate surface area is 160 Å². The van der Waals surface area contributed by atoms with Crippen LogP contribution < -0.4 is 11.1 Å². The third kappa shape index (κ3) is 4.14. The number of ketones is 1. The number of rotatable bonds is 8. The Morgan fingerprint density at radius 3 is 2.71 bits per heavy atom. The van der Waals surface area contributed by atoms with E-state index in [9.17, 15) is 14.4 Å². The molecule has 1 unspecified atom stereocenters. The van der Waals surface area contributed by atoms with Gasteiger partial charge in [-0.3, -0.25) is 19.0 Å². The average molecular weight is 381 g/mol. The van der Waals surface area contributed by atoms with Gasteiger partial charge >= 0.3 is 0 Å². The van der Waals surface area contributed by atoms with Gasteiger partial charge in [-0.1, -0.05) is 6.07 Å². The maximum Gasteiger partial charge on any atom is 0.287 e. The molecule has 144 valence electrons. The van der Waals surface area contributed by atoms with Gasteiger partial charge in [0, 0.05) is 6.20 Å². The molecule has 9 nitrogen and oxygen atoms in total. The van der Waals surface area contributed by atoms with E-state index in [1.54, 1.807) is 42.0 Å². The smallest absolute Gasteiger partial charge is 0.287 e. The molecule has 3 rings (SSSR count). The minimum atomic E-state index is -1.10. The number of carbonyl (C=O) groups is 3. The second-order valence-electron chi connectivity index (χ2n) is 6.14. The highest BCUT2D eigenvalue weighted by atomic mass is 16.3. The van der Waals surface area contributed by atoms with Crippen molar-refractivity contribution in [2.24, 2.45) is 5.73 Å². The van der Waals surface area contributed by atoms with Crippen molar-refractivity contribution >= 4 is 17.6 Å². The van der Waals surface area contributed by atoms with Crippen LogP contribution in [0.1, 0.15) is 28.3 Å². The van der Waals surface area contributed by atoms with E-state index in [4.69, 9.17) is 10.2 Å². The van der Waals surface area contributed by atoms with Gasteiger partial charge in [0.25, 0.3) is 11.8 Å². The molecule has 0 bridgehead atoms. The first kappa shape index (κ1) is 19.0. The Kier molecular flexibility index (Phi) is 5.64. The zero-order chi connectivity index (χ0) is 20.1. The molecule has 0 saturated carbocycles. The number of aryl methyl sites for hydroxylation is 2. The third-order valence-electron chi connectivity index (χ3n) is 4.22. The molecule has 3 N–H and O–H groups in total. The fourth-order valence-corrected chi connectivity index (χ4v) is 2.80. The molecule has 0 aromatic carbocycles. The SMILES string of the molecule is Cc1ncc(C(=O)NC(CCc2ccoc2)C(=O)C(N)=O)n1-c1ccccn1. The number of aromatic nitrogens is 3. The van der Waals surface area contributed by atoms with Crippen LogP contribution in [-0.2, 0) is 16.0 Å². The van der Waals surface area contributed by atoms with Crippen molar-refractivity contribution < 1.29 is 18.8 Å². The summed E-state index contributed by atoms with van der Waals surface area (Å²) >= 11 is 0. The highest BCUT2D eigenvalue weighted by Gasteiger charge is 2.27. The highest BCUT2D eigenvalue weighted by molar-refractivity contribution is 6.38. The first-order chi connectivity index (χ1) is 13.5. The van der Waals surface area contributed by atoms with E-state index in [-0.39, 0.29) is 12.1 Å². The maximum atomic E-state index is 12.8. The molecule has 3 aromatic heterocycles. The Morgan fingerprint density at radius 2 is 2.07 bits per heavy atom. The van der Waals surface area contributed by atoms with Crippen LogP contribution in [0.3, 0.4) is 0 Å². The predicted octanol–water partition coefficient (Wildman–Crippen LogP) is 0.954. The number of primary amides is 1. The number of nitrogens with zero attached hydrogens (tertiary/aromatic N) is 3. The van der Waals surface area contributed by atoms with Crippen molar-refractivity contribution in [3.8, 4) is 5.82 Å². The number of carbonyl (C=O) groups excluding carboxylic acids is 3. The second kappa shape index (κ2) is 8.30. The number of furan rings is 1. The van der Waals surface area contributed by atoms with E-state index in [0.717, 1.165) is 5.56 Å². The monoisotopic (exact) mass is 381 g/mol. The van der Waals surface area contributed by atoms with Gasteiger partial charge in [-0.2, -0.15) is 0 Å². The fourth-order valence-electron chi connectivity index (χ4n) is 2.80. The van der Waals surface area contributed by atoms with Crippen molar-refractivity contribution in [3.63, 3.8) is 0 Å². The summed E-state index contributed by atoms with van der Waals surface area (Å²) in [5.74, 6) is -1.46. The molecule has 3 heterocycles. The first-order valence-corrected chi connectivity index (χ1v) is 8.58. The number of hydrogen-bond acceptors (Lipinski definition) is 6. The second-order valence-corrected chi connectivity index (χ2v) is 6.14. The largest absolute Gasteiger partial charge is 0.472 e. The first-order valence-electron chi connectivity index (χ1n) is 8.58. The number of imidazole rings is 1. The van der Waals surface area contributed by atoms with E-state index in [2.05, 4.69) is 15.3 Å². The van der Waals surface area contributed by atoms with Gasteiger partial charge in [0.15, 0.2) is 0 Å². The minimum absolute atomic E-state index is 0.196. The van der Waals surface area contributed by atoms with Gasteiger partial charge in [0.1, 0.15) is 17.3 Å². The molecule has 0 fully saturated rings. The summed E-state index contributed by atoms with van der Waals surface area (Å²) in [5, 5.41) is 2.59. The minimum Gasteiger partial charge on any atom is -0.472 e. The van der Waals surface area contributed by atoms with Gasteiger partial charge in [-0.15, -0.1) is 0 Å². The number of nitrogens with one attached hydrogen (secondary N) is 1. The zero-order valence-electron chi connectivity index (χ0n) is 15.2. The highest BCUT2D eigenvalue weighted by Crippen LogP contribution is 2.13. The fraction of sp³-hybridized carbons (Fsp3) is 0.211. The van der Waals surface area contributed by atoms with E-state index in [1.165, 1.54) is 18.7 Å². The molecule has 0 radical (unpaired) electrons. The molecule has 0 spiro atoms. The van der Waals surface area contributed by atoms with Crippen molar-refractivity contribution in [1.82, 2.24) is 19.9 Å². The molecule has 0 aliphatic carbocycles. The lowest BCUT2D eigenvalue weighted by Crippen LogP contribution is -2.46. The van der Waals surface area contributed by atoms with Gasteiger partial charge in [0.05, 0.1) is 24.8 Å². The zero-order valence-corrected chi connectivity index (χ0v) is 15.2. The van der Waals surface area contributed by atoms with Crippen LogP contribution in [0.4, 0.5) is 0 Å². The quantitative estimate of drug-likeness (QED) is 0.558. The molecule has 2 amide bonds. The molecule has 3 aromatic rings. The van der Waals surface area contributed by atoms with Gasteiger partial charge in [0.2, 0.25) is 5.78 Å². The Balaban J connectivity index is 1.82. The van der Waals surface area contributed by atoms with Crippen LogP contribution in [0, 0.1) is 6.92 Å². The van der Waals surface area contributed by atoms with E-state index in [0.29, 0.717) is 18.1 Å². The van der Waals surface area contributed by atoms with Crippen molar-refractivity contribution in [2.45, 2.75) is 25.8 Å². The lowest BCUT2D eigenvalue weighted by atomic mass is 10.0. The molecule has 0 aliphatic heterocycles. The summed E-state index contributed by atoms with van der Waals surface area (Å²) in [5.41, 5.74) is 6.17. The standard InChI is InChI=1S/C19H19N5O4/c1-12-22-10-15(24(12)16-4-2-3-8-21-16)19(27)23-14(17(25)18(20)26)6-5-13-7-9-28-11-13/h2-4,7-11,14H,5-6H2,1H3,(H2,20,26)(H,23,27). The number of hydrogen-bond donors (Lipinski definition) is 2. The summed E-state index contributed by atoms with van der Waals surface area (Å²) in [6.07, 6.45) is 6.66. The summed E-state index contributed by atoms with van der Waals surface area (Å²) in [7, 11) is 0. The third-order valence-corrected chi connectivity index (χ3v) is 4.22. The normalized spacial score (nSPS) is 11.8. The average Bonchev–Trinajstić information content (AvgIpc) is 3.34. The molecule has 0 aliphatic rings.